The molecule has 0 spiro atoms. The minimum Gasteiger partial charge on any atom is -0.322 e. The van der Waals surface area contributed by atoms with Crippen LogP contribution in [-0.2, 0) is 5.41 Å². The molecule has 2 aromatic rings. The summed E-state index contributed by atoms with van der Waals surface area (Å²) >= 11 is 3.45. The van der Waals surface area contributed by atoms with Crippen molar-refractivity contribution in [1.29, 1.82) is 5.26 Å². The molecule has 2 aromatic carbocycles. The van der Waals surface area contributed by atoms with Crippen molar-refractivity contribution in [1.82, 2.24) is 0 Å². The molecule has 0 unspecified atom stereocenters. The summed E-state index contributed by atoms with van der Waals surface area (Å²) in [5, 5.41) is 12.1. The molecule has 0 heterocycles. The fourth-order valence-corrected chi connectivity index (χ4v) is 2.37. The smallest absolute Gasteiger partial charge is 0.255 e. The molecule has 0 aliphatic heterocycles. The minimum absolute atomic E-state index is 0.189. The molecule has 0 saturated carbocycles. The fraction of sp³-hybridized carbons (Fsp3) is 0.222. The number of hydrogen-bond acceptors (Lipinski definition) is 2. The third-order valence-electron chi connectivity index (χ3n) is 3.56. The Morgan fingerprint density at radius 2 is 1.95 bits per heavy atom. The molecule has 0 aliphatic carbocycles. The van der Waals surface area contributed by atoms with Gasteiger partial charge in [-0.2, -0.15) is 5.26 Å². The summed E-state index contributed by atoms with van der Waals surface area (Å²) in [6.07, 6.45) is 0. The van der Waals surface area contributed by atoms with Gasteiger partial charge in [-0.1, -0.05) is 34.1 Å². The predicted octanol–water partition coefficient (Wildman–Crippen LogP) is 4.81. The van der Waals surface area contributed by atoms with Gasteiger partial charge in [0.2, 0.25) is 0 Å². The molecular weight excluding hydrogens is 340 g/mol. The molecule has 3 nitrogen and oxygen atoms in total. The second-order valence-electron chi connectivity index (χ2n) is 5.74. The van der Waals surface area contributed by atoms with Gasteiger partial charge in [-0.05, 0) is 56.2 Å². The minimum atomic E-state index is -0.622. The number of nitriles is 1. The zero-order valence-electron chi connectivity index (χ0n) is 12.8. The van der Waals surface area contributed by atoms with Gasteiger partial charge in [0.1, 0.15) is 0 Å². The average molecular weight is 357 g/mol. The van der Waals surface area contributed by atoms with Crippen LogP contribution in [0.15, 0.2) is 46.9 Å². The monoisotopic (exact) mass is 356 g/mol. The van der Waals surface area contributed by atoms with Crippen molar-refractivity contribution in [2.45, 2.75) is 26.2 Å². The van der Waals surface area contributed by atoms with E-state index in [1.165, 1.54) is 0 Å². The van der Waals surface area contributed by atoms with Gasteiger partial charge in [0, 0.05) is 15.7 Å². The maximum absolute atomic E-state index is 12.4. The van der Waals surface area contributed by atoms with Crippen LogP contribution in [0.2, 0.25) is 0 Å². The Labute approximate surface area is 139 Å². The van der Waals surface area contributed by atoms with Crippen molar-refractivity contribution in [3.05, 3.63) is 63.6 Å². The van der Waals surface area contributed by atoms with Crippen molar-refractivity contribution in [2.75, 3.05) is 5.32 Å². The quantitative estimate of drug-likeness (QED) is 0.857. The van der Waals surface area contributed by atoms with Crippen LogP contribution in [0, 0.1) is 18.3 Å². The lowest BCUT2D eigenvalue weighted by Gasteiger charge is -2.16. The summed E-state index contributed by atoms with van der Waals surface area (Å²) in [5.74, 6) is -0.189. The van der Waals surface area contributed by atoms with Crippen LogP contribution >= 0.6 is 15.9 Å². The number of carbonyl (C=O) groups excluding carboxylic acids is 1. The second kappa shape index (κ2) is 6.33. The van der Waals surface area contributed by atoms with Gasteiger partial charge in [-0.15, -0.1) is 0 Å². The Morgan fingerprint density at radius 1 is 1.23 bits per heavy atom. The molecule has 4 heteroatoms. The number of amides is 1. The standard InChI is InChI=1S/C18H17BrN2O/c1-12-7-8-15(10-16(12)19)21-17(22)13-5-4-6-14(9-13)18(2,3)11-20/h4-10H,1-3H3,(H,21,22). The number of anilines is 1. The maximum atomic E-state index is 12.4. The molecule has 112 valence electrons. The summed E-state index contributed by atoms with van der Waals surface area (Å²) in [6, 6.07) is 15.1. The van der Waals surface area contributed by atoms with E-state index in [1.54, 1.807) is 18.2 Å². The Hall–Kier alpha value is -2.12. The van der Waals surface area contributed by atoms with Crippen molar-refractivity contribution in [3.63, 3.8) is 0 Å². The highest BCUT2D eigenvalue weighted by atomic mass is 79.9. The van der Waals surface area contributed by atoms with Gasteiger partial charge in [0.05, 0.1) is 11.5 Å². The molecule has 0 aliphatic rings. The number of hydrogen-bond donors (Lipinski definition) is 1. The number of aryl methyl sites for hydroxylation is 1. The summed E-state index contributed by atoms with van der Waals surface area (Å²) in [4.78, 5) is 12.4. The molecule has 0 radical (unpaired) electrons. The summed E-state index contributed by atoms with van der Waals surface area (Å²) in [5.41, 5.74) is 2.58. The molecule has 0 fully saturated rings. The first-order valence-electron chi connectivity index (χ1n) is 6.93. The topological polar surface area (TPSA) is 52.9 Å². The van der Waals surface area contributed by atoms with E-state index in [0.29, 0.717) is 5.56 Å². The van der Waals surface area contributed by atoms with E-state index in [4.69, 9.17) is 0 Å². The molecule has 0 saturated heterocycles. The number of carbonyl (C=O) groups is 1. The van der Waals surface area contributed by atoms with Crippen LogP contribution in [0.25, 0.3) is 0 Å². The Morgan fingerprint density at radius 3 is 2.59 bits per heavy atom. The molecule has 1 amide bonds. The third kappa shape index (κ3) is 3.55. The number of nitrogens with one attached hydrogen (secondary N) is 1. The van der Waals surface area contributed by atoms with Crippen molar-refractivity contribution >= 4 is 27.5 Å². The Balaban J connectivity index is 2.25. The van der Waals surface area contributed by atoms with Gasteiger partial charge in [-0.25, -0.2) is 0 Å². The van der Waals surface area contributed by atoms with E-state index in [2.05, 4.69) is 27.3 Å². The van der Waals surface area contributed by atoms with E-state index in [1.807, 2.05) is 45.0 Å². The third-order valence-corrected chi connectivity index (χ3v) is 4.41. The number of halogens is 1. The number of rotatable bonds is 3. The number of benzene rings is 2. The lowest BCUT2D eigenvalue weighted by molar-refractivity contribution is 0.102. The fourth-order valence-electron chi connectivity index (χ4n) is 1.99. The molecule has 22 heavy (non-hydrogen) atoms. The molecule has 2 rings (SSSR count). The maximum Gasteiger partial charge on any atom is 0.255 e. The first-order valence-corrected chi connectivity index (χ1v) is 7.72. The highest BCUT2D eigenvalue weighted by Crippen LogP contribution is 2.24. The van der Waals surface area contributed by atoms with Crippen molar-refractivity contribution in [2.24, 2.45) is 0 Å². The second-order valence-corrected chi connectivity index (χ2v) is 6.59. The molecular formula is C18H17BrN2O. The van der Waals surface area contributed by atoms with Crippen molar-refractivity contribution in [3.8, 4) is 6.07 Å². The van der Waals surface area contributed by atoms with Crippen LogP contribution in [0.5, 0.6) is 0 Å². The first-order chi connectivity index (χ1) is 10.3. The Bertz CT molecular complexity index is 760. The van der Waals surface area contributed by atoms with E-state index in [9.17, 15) is 10.1 Å². The summed E-state index contributed by atoms with van der Waals surface area (Å²) < 4.78 is 0.949. The molecule has 0 aromatic heterocycles. The lowest BCUT2D eigenvalue weighted by Crippen LogP contribution is -2.17. The normalized spacial score (nSPS) is 10.9. The van der Waals surface area contributed by atoms with Crippen LogP contribution in [0.1, 0.15) is 35.3 Å². The van der Waals surface area contributed by atoms with Gasteiger partial charge >= 0.3 is 0 Å². The van der Waals surface area contributed by atoms with Crippen LogP contribution in [0.3, 0.4) is 0 Å². The van der Waals surface area contributed by atoms with E-state index in [0.717, 1.165) is 21.3 Å². The SMILES string of the molecule is Cc1ccc(NC(=O)c2cccc(C(C)(C)C#N)c2)cc1Br. The van der Waals surface area contributed by atoms with E-state index >= 15 is 0 Å². The summed E-state index contributed by atoms with van der Waals surface area (Å²) in [6.45, 7) is 5.66. The van der Waals surface area contributed by atoms with Gasteiger partial charge in [0.15, 0.2) is 0 Å². The van der Waals surface area contributed by atoms with Crippen molar-refractivity contribution < 1.29 is 4.79 Å². The van der Waals surface area contributed by atoms with Gasteiger partial charge < -0.3 is 5.32 Å². The highest BCUT2D eigenvalue weighted by Gasteiger charge is 2.20. The van der Waals surface area contributed by atoms with Crippen LogP contribution < -0.4 is 5.32 Å². The number of nitrogens with zero attached hydrogens (tertiary/aromatic N) is 1. The van der Waals surface area contributed by atoms with Gasteiger partial charge in [-0.3, -0.25) is 4.79 Å². The Kier molecular flexibility index (Phi) is 4.68. The highest BCUT2D eigenvalue weighted by molar-refractivity contribution is 9.10. The molecule has 0 bridgehead atoms. The van der Waals surface area contributed by atoms with E-state index in [-0.39, 0.29) is 5.91 Å². The first kappa shape index (κ1) is 16.3. The van der Waals surface area contributed by atoms with Gasteiger partial charge in [0.25, 0.3) is 5.91 Å². The van der Waals surface area contributed by atoms with Crippen LogP contribution in [0.4, 0.5) is 5.69 Å². The van der Waals surface area contributed by atoms with E-state index < -0.39 is 5.41 Å². The predicted molar refractivity (Wildman–Crippen MR) is 91.9 cm³/mol. The summed E-state index contributed by atoms with van der Waals surface area (Å²) in [7, 11) is 0. The zero-order chi connectivity index (χ0) is 16.3. The average Bonchev–Trinajstić information content (AvgIpc) is 2.51. The largest absolute Gasteiger partial charge is 0.322 e. The molecule has 1 N–H and O–H groups in total. The molecule has 0 atom stereocenters. The lowest BCUT2D eigenvalue weighted by atomic mass is 9.85. The van der Waals surface area contributed by atoms with Crippen LogP contribution in [-0.4, -0.2) is 5.91 Å². The zero-order valence-corrected chi connectivity index (χ0v) is 14.4.